The predicted octanol–water partition coefficient (Wildman–Crippen LogP) is 2.55. The van der Waals surface area contributed by atoms with Crippen LogP contribution in [0.5, 0.6) is 0 Å². The Balaban J connectivity index is 0.000000587. The number of aliphatic carboxylic acids is 1. The van der Waals surface area contributed by atoms with Gasteiger partial charge in [0.25, 0.3) is 5.91 Å². The summed E-state index contributed by atoms with van der Waals surface area (Å²) >= 11 is 0. The second-order valence-electron chi connectivity index (χ2n) is 10.3. The standard InChI is InChI=1S/C27H35N3O4.C2HF3O2/c28-26(33)21-8-4-7-20(15-21)22-16-23-9-10-24(17-22)30(23)14-13-29(27(34)25(32)18-31)12-11-19-5-2-1-3-6-19;3-2(4,5)1(6)7/h1-8,15,22-25,31-32H,9-14,16-18H2,(H2,28,33);(H,6,7)/t22?,23-,24+,25-;/m0./s1. The van der Waals surface area contributed by atoms with E-state index < -0.39 is 36.7 Å². The van der Waals surface area contributed by atoms with Crippen molar-refractivity contribution in [3.63, 3.8) is 0 Å². The Bertz CT molecular complexity index is 1170. The lowest BCUT2D eigenvalue weighted by Gasteiger charge is -2.40. The van der Waals surface area contributed by atoms with E-state index in [1.807, 2.05) is 42.5 Å². The van der Waals surface area contributed by atoms with Gasteiger partial charge in [0.05, 0.1) is 6.61 Å². The summed E-state index contributed by atoms with van der Waals surface area (Å²) in [5, 5.41) is 26.4. The van der Waals surface area contributed by atoms with Crippen molar-refractivity contribution >= 4 is 17.8 Å². The Labute approximate surface area is 236 Å². The van der Waals surface area contributed by atoms with Crippen LogP contribution in [-0.2, 0) is 16.0 Å². The van der Waals surface area contributed by atoms with E-state index in [-0.39, 0.29) is 0 Å². The highest BCUT2D eigenvalue weighted by molar-refractivity contribution is 5.92. The molecular weight excluding hydrogens is 543 g/mol. The van der Waals surface area contributed by atoms with Crippen LogP contribution < -0.4 is 5.73 Å². The van der Waals surface area contributed by atoms with Gasteiger partial charge in [-0.1, -0.05) is 42.5 Å². The first-order valence-corrected chi connectivity index (χ1v) is 13.5. The molecule has 12 heteroatoms. The van der Waals surface area contributed by atoms with E-state index in [1.165, 1.54) is 5.56 Å². The van der Waals surface area contributed by atoms with Crippen LogP contribution in [0.3, 0.4) is 0 Å². The molecule has 2 aromatic rings. The number of primary amides is 1. The highest BCUT2D eigenvalue weighted by Gasteiger charge is 2.41. The number of amides is 2. The third kappa shape index (κ3) is 9.00. The van der Waals surface area contributed by atoms with Crippen LogP contribution in [0.15, 0.2) is 54.6 Å². The number of carbonyl (C=O) groups is 3. The van der Waals surface area contributed by atoms with E-state index in [0.717, 1.165) is 37.8 Å². The summed E-state index contributed by atoms with van der Waals surface area (Å²) in [6.07, 6.45) is -1.44. The molecule has 1 unspecified atom stereocenters. The number of hydrogen-bond acceptors (Lipinski definition) is 6. The summed E-state index contributed by atoms with van der Waals surface area (Å²) in [4.78, 5) is 37.4. The average molecular weight is 580 g/mol. The van der Waals surface area contributed by atoms with Gasteiger partial charge in [-0.05, 0) is 61.3 Å². The summed E-state index contributed by atoms with van der Waals surface area (Å²) in [6, 6.07) is 18.6. The van der Waals surface area contributed by atoms with E-state index in [0.29, 0.717) is 43.1 Å². The highest BCUT2D eigenvalue weighted by atomic mass is 19.4. The maximum Gasteiger partial charge on any atom is 0.490 e. The quantitative estimate of drug-likeness (QED) is 0.339. The minimum absolute atomic E-state index is 0.396. The van der Waals surface area contributed by atoms with E-state index in [1.54, 1.807) is 11.0 Å². The number of alkyl halides is 3. The van der Waals surface area contributed by atoms with Gasteiger partial charge < -0.3 is 26.0 Å². The number of aliphatic hydroxyl groups excluding tert-OH is 2. The average Bonchev–Trinajstić information content (AvgIpc) is 3.18. The molecule has 0 aromatic heterocycles. The molecule has 2 amide bonds. The fourth-order valence-electron chi connectivity index (χ4n) is 5.62. The summed E-state index contributed by atoms with van der Waals surface area (Å²) in [7, 11) is 0. The Morgan fingerprint density at radius 3 is 2.15 bits per heavy atom. The van der Waals surface area contributed by atoms with Crippen LogP contribution in [0.1, 0.15) is 53.1 Å². The van der Waals surface area contributed by atoms with E-state index in [4.69, 9.17) is 15.6 Å². The summed E-state index contributed by atoms with van der Waals surface area (Å²) < 4.78 is 31.7. The molecule has 2 aliphatic rings. The molecule has 0 aliphatic carbocycles. The molecule has 224 valence electrons. The van der Waals surface area contributed by atoms with Crippen molar-refractivity contribution in [1.29, 1.82) is 0 Å². The van der Waals surface area contributed by atoms with Gasteiger partial charge in [-0.2, -0.15) is 13.2 Å². The zero-order valence-corrected chi connectivity index (χ0v) is 22.5. The number of carboxylic acids is 1. The zero-order valence-electron chi connectivity index (χ0n) is 22.5. The first-order chi connectivity index (χ1) is 19.4. The van der Waals surface area contributed by atoms with Crippen molar-refractivity contribution in [3.05, 3.63) is 71.3 Å². The number of benzene rings is 2. The van der Waals surface area contributed by atoms with Gasteiger partial charge in [0.2, 0.25) is 5.91 Å². The Hall–Kier alpha value is -3.48. The van der Waals surface area contributed by atoms with Gasteiger partial charge in [-0.3, -0.25) is 14.5 Å². The number of rotatable bonds is 10. The molecule has 9 nitrogen and oxygen atoms in total. The summed E-state index contributed by atoms with van der Waals surface area (Å²) in [5.74, 6) is -3.16. The number of piperidine rings is 1. The van der Waals surface area contributed by atoms with Crippen molar-refractivity contribution in [2.45, 2.75) is 62.4 Å². The Morgan fingerprint density at radius 2 is 1.61 bits per heavy atom. The molecule has 2 aliphatic heterocycles. The van der Waals surface area contributed by atoms with Gasteiger partial charge >= 0.3 is 12.1 Å². The van der Waals surface area contributed by atoms with Gasteiger partial charge in [-0.25, -0.2) is 4.79 Å². The lowest BCUT2D eigenvalue weighted by atomic mass is 9.84. The van der Waals surface area contributed by atoms with Gasteiger partial charge in [-0.15, -0.1) is 0 Å². The van der Waals surface area contributed by atoms with Crippen molar-refractivity contribution in [2.75, 3.05) is 26.2 Å². The lowest BCUT2D eigenvalue weighted by Crippen LogP contribution is -2.49. The van der Waals surface area contributed by atoms with Crippen molar-refractivity contribution in [2.24, 2.45) is 5.73 Å². The van der Waals surface area contributed by atoms with Crippen LogP contribution in [0, 0.1) is 0 Å². The second-order valence-corrected chi connectivity index (χ2v) is 10.3. The number of carbonyl (C=O) groups excluding carboxylic acids is 2. The normalized spacial score (nSPS) is 21.0. The SMILES string of the molecule is NC(=O)c1cccc(C2C[C@H]3CC[C@@H](C2)N3CCN(CCc2ccccc2)C(=O)[C@@H](O)CO)c1.O=C(O)C(F)(F)F. The molecule has 0 radical (unpaired) electrons. The molecule has 41 heavy (non-hydrogen) atoms. The molecule has 0 spiro atoms. The fourth-order valence-corrected chi connectivity index (χ4v) is 5.62. The molecule has 2 aromatic carbocycles. The van der Waals surface area contributed by atoms with Gasteiger partial charge in [0.1, 0.15) is 0 Å². The lowest BCUT2D eigenvalue weighted by molar-refractivity contribution is -0.192. The van der Waals surface area contributed by atoms with Gasteiger partial charge in [0, 0.05) is 37.3 Å². The summed E-state index contributed by atoms with van der Waals surface area (Å²) in [5.41, 5.74) is 8.35. The third-order valence-electron chi connectivity index (χ3n) is 7.68. The topological polar surface area (TPSA) is 144 Å². The van der Waals surface area contributed by atoms with Gasteiger partial charge in [0.15, 0.2) is 6.10 Å². The molecule has 4 rings (SSSR count). The van der Waals surface area contributed by atoms with Crippen LogP contribution in [0.2, 0.25) is 0 Å². The number of aliphatic hydroxyl groups is 2. The van der Waals surface area contributed by atoms with E-state index >= 15 is 0 Å². The van der Waals surface area contributed by atoms with Crippen molar-refractivity contribution in [3.8, 4) is 0 Å². The van der Waals surface area contributed by atoms with Crippen molar-refractivity contribution < 1.29 is 42.9 Å². The Kier molecular flexibility index (Phi) is 11.3. The predicted molar refractivity (Wildman–Crippen MR) is 144 cm³/mol. The largest absolute Gasteiger partial charge is 0.490 e. The smallest absolute Gasteiger partial charge is 0.475 e. The van der Waals surface area contributed by atoms with Crippen LogP contribution in [0.4, 0.5) is 13.2 Å². The zero-order chi connectivity index (χ0) is 30.2. The minimum atomic E-state index is -5.08. The molecule has 4 atom stereocenters. The first-order valence-electron chi connectivity index (χ1n) is 13.5. The number of carboxylic acid groups (broad SMARTS) is 1. The van der Waals surface area contributed by atoms with Crippen LogP contribution >= 0.6 is 0 Å². The molecular formula is C29H36F3N3O6. The maximum absolute atomic E-state index is 12.7. The molecule has 2 heterocycles. The monoisotopic (exact) mass is 579 g/mol. The fraction of sp³-hybridized carbons (Fsp3) is 0.483. The molecule has 0 saturated carbocycles. The Morgan fingerprint density at radius 1 is 1.00 bits per heavy atom. The molecule has 2 bridgehead atoms. The van der Waals surface area contributed by atoms with Crippen LogP contribution in [-0.4, -0.2) is 93.5 Å². The summed E-state index contributed by atoms with van der Waals surface area (Å²) in [6.45, 7) is 1.22. The molecule has 2 saturated heterocycles. The number of hydrogen-bond donors (Lipinski definition) is 4. The number of halogens is 3. The number of fused-ring (bicyclic) bond motifs is 2. The van der Waals surface area contributed by atoms with E-state index in [2.05, 4.69) is 11.0 Å². The molecule has 2 fully saturated rings. The number of nitrogens with two attached hydrogens (primary N) is 1. The van der Waals surface area contributed by atoms with Crippen LogP contribution in [0.25, 0.3) is 0 Å². The van der Waals surface area contributed by atoms with Crippen molar-refractivity contribution in [1.82, 2.24) is 9.80 Å². The minimum Gasteiger partial charge on any atom is -0.475 e. The van der Waals surface area contributed by atoms with E-state index in [9.17, 15) is 33.0 Å². The highest BCUT2D eigenvalue weighted by Crippen LogP contribution is 2.43. The maximum atomic E-state index is 12.7. The first kappa shape index (κ1) is 32.0. The number of nitrogens with zero attached hydrogens (tertiary/aromatic N) is 2. The second kappa shape index (κ2) is 14.4. The third-order valence-corrected chi connectivity index (χ3v) is 7.68. The molecule has 5 N–H and O–H groups in total.